The van der Waals surface area contributed by atoms with Crippen molar-refractivity contribution >= 4 is 5.91 Å². The molecule has 6 N–H and O–H groups in total. The molecule has 1 aliphatic heterocycles. The summed E-state index contributed by atoms with van der Waals surface area (Å²) in [4.78, 5) is 13.0. The van der Waals surface area contributed by atoms with Crippen molar-refractivity contribution < 1.29 is 39.8 Å². The van der Waals surface area contributed by atoms with Gasteiger partial charge in [0, 0.05) is 6.42 Å². The van der Waals surface area contributed by atoms with E-state index in [2.05, 4.69) is 67.8 Å². The maximum atomic E-state index is 13.0. The van der Waals surface area contributed by atoms with E-state index >= 15 is 0 Å². The zero-order valence-corrected chi connectivity index (χ0v) is 42.4. The first-order valence-electron chi connectivity index (χ1n) is 27.5. The van der Waals surface area contributed by atoms with Gasteiger partial charge in [0.15, 0.2) is 6.29 Å². The third kappa shape index (κ3) is 36.0. The van der Waals surface area contributed by atoms with Gasteiger partial charge >= 0.3 is 0 Å². The zero-order chi connectivity index (χ0) is 48.0. The summed E-state index contributed by atoms with van der Waals surface area (Å²) in [6, 6.07) is -0.833. The molecule has 0 bridgehead atoms. The van der Waals surface area contributed by atoms with Gasteiger partial charge in [-0.25, -0.2) is 0 Å². The molecule has 7 unspecified atom stereocenters. The van der Waals surface area contributed by atoms with Crippen molar-refractivity contribution in [3.63, 3.8) is 0 Å². The van der Waals surface area contributed by atoms with Crippen molar-refractivity contribution in [2.75, 3.05) is 13.2 Å². The number of aliphatic hydroxyl groups excluding tert-OH is 5. The minimum absolute atomic E-state index is 0.204. The summed E-state index contributed by atoms with van der Waals surface area (Å²) in [5, 5.41) is 54.4. The zero-order valence-electron chi connectivity index (χ0n) is 42.4. The van der Waals surface area contributed by atoms with E-state index in [0.29, 0.717) is 6.42 Å². The maximum Gasteiger partial charge on any atom is 0.220 e. The number of carbonyl (C=O) groups excluding carboxylic acids is 1. The molecule has 9 nitrogen and oxygen atoms in total. The second-order valence-electron chi connectivity index (χ2n) is 19.0. The lowest BCUT2D eigenvalue weighted by molar-refractivity contribution is -0.302. The summed E-state index contributed by atoms with van der Waals surface area (Å²) in [6.45, 7) is 3.65. The van der Waals surface area contributed by atoms with E-state index in [-0.39, 0.29) is 12.5 Å². The van der Waals surface area contributed by atoms with Crippen LogP contribution in [0, 0.1) is 0 Å². The molecule has 0 aromatic carbocycles. The first kappa shape index (κ1) is 61.9. The lowest BCUT2D eigenvalue weighted by Crippen LogP contribution is -2.60. The van der Waals surface area contributed by atoms with Crippen molar-refractivity contribution in [2.24, 2.45) is 0 Å². The van der Waals surface area contributed by atoms with Gasteiger partial charge in [0.25, 0.3) is 0 Å². The molecule has 1 rings (SSSR count). The molecular formula is C57H103NO8. The molecule has 0 saturated carbocycles. The van der Waals surface area contributed by atoms with Crippen LogP contribution in [0.25, 0.3) is 0 Å². The molecule has 1 fully saturated rings. The largest absolute Gasteiger partial charge is 0.394 e. The number of aliphatic hydroxyl groups is 5. The van der Waals surface area contributed by atoms with E-state index in [9.17, 15) is 30.3 Å². The summed E-state index contributed by atoms with van der Waals surface area (Å²) < 4.78 is 11.2. The molecule has 1 aliphatic rings. The van der Waals surface area contributed by atoms with Crippen LogP contribution in [0.4, 0.5) is 0 Å². The van der Waals surface area contributed by atoms with Crippen LogP contribution in [0.15, 0.2) is 60.8 Å². The number of allylic oxidation sites excluding steroid dienone is 9. The first-order chi connectivity index (χ1) is 32.3. The van der Waals surface area contributed by atoms with E-state index in [1.807, 2.05) is 6.08 Å². The molecule has 1 saturated heterocycles. The molecule has 384 valence electrons. The van der Waals surface area contributed by atoms with Crippen molar-refractivity contribution in [1.82, 2.24) is 5.32 Å². The van der Waals surface area contributed by atoms with Crippen LogP contribution in [-0.2, 0) is 14.3 Å². The third-order valence-electron chi connectivity index (χ3n) is 12.8. The van der Waals surface area contributed by atoms with Gasteiger partial charge in [0.1, 0.15) is 24.4 Å². The number of rotatable bonds is 46. The number of carbonyl (C=O) groups is 1. The van der Waals surface area contributed by atoms with Crippen molar-refractivity contribution in [1.29, 1.82) is 0 Å². The fourth-order valence-electron chi connectivity index (χ4n) is 8.48. The summed E-state index contributed by atoms with van der Waals surface area (Å²) in [7, 11) is 0. The highest BCUT2D eigenvalue weighted by Crippen LogP contribution is 2.23. The second kappa shape index (κ2) is 46.6. The highest BCUT2D eigenvalue weighted by Gasteiger charge is 2.44. The number of unbranched alkanes of at least 4 members (excludes halogenated alkanes) is 28. The Hall–Kier alpha value is -2.11. The monoisotopic (exact) mass is 930 g/mol. The van der Waals surface area contributed by atoms with E-state index in [4.69, 9.17) is 9.47 Å². The van der Waals surface area contributed by atoms with E-state index in [0.717, 1.165) is 77.0 Å². The number of ether oxygens (including phenoxy) is 2. The predicted molar refractivity (Wildman–Crippen MR) is 276 cm³/mol. The molecule has 9 heteroatoms. The van der Waals surface area contributed by atoms with Crippen LogP contribution in [0.5, 0.6) is 0 Å². The van der Waals surface area contributed by atoms with E-state index in [1.165, 1.54) is 141 Å². The Labute approximate surface area is 405 Å². The molecule has 1 amide bonds. The Morgan fingerprint density at radius 2 is 0.955 bits per heavy atom. The van der Waals surface area contributed by atoms with E-state index in [1.54, 1.807) is 6.08 Å². The van der Waals surface area contributed by atoms with Crippen molar-refractivity contribution in [3.05, 3.63) is 60.8 Å². The fraction of sp³-hybridized carbons (Fsp3) is 0.807. The third-order valence-corrected chi connectivity index (χ3v) is 12.8. The van der Waals surface area contributed by atoms with Crippen LogP contribution in [0.3, 0.4) is 0 Å². The number of hydrogen-bond donors (Lipinski definition) is 6. The number of amides is 1. The van der Waals surface area contributed by atoms with Gasteiger partial charge < -0.3 is 40.3 Å². The lowest BCUT2D eigenvalue weighted by atomic mass is 9.99. The van der Waals surface area contributed by atoms with Gasteiger partial charge in [-0.2, -0.15) is 0 Å². The van der Waals surface area contributed by atoms with Gasteiger partial charge in [0.2, 0.25) is 5.91 Å². The molecule has 0 aromatic rings. The highest BCUT2D eigenvalue weighted by atomic mass is 16.7. The normalized spacial score (nSPS) is 20.3. The van der Waals surface area contributed by atoms with Gasteiger partial charge in [-0.1, -0.05) is 229 Å². The van der Waals surface area contributed by atoms with Gasteiger partial charge in [-0.05, 0) is 64.2 Å². The predicted octanol–water partition coefficient (Wildman–Crippen LogP) is 13.1. The first-order valence-corrected chi connectivity index (χ1v) is 27.5. The Morgan fingerprint density at radius 3 is 1.45 bits per heavy atom. The van der Waals surface area contributed by atoms with Gasteiger partial charge in [-0.3, -0.25) is 4.79 Å². The van der Waals surface area contributed by atoms with Crippen molar-refractivity contribution in [2.45, 2.75) is 281 Å². The van der Waals surface area contributed by atoms with Gasteiger partial charge in [0.05, 0.1) is 25.4 Å². The number of nitrogens with one attached hydrogen (secondary N) is 1. The minimum Gasteiger partial charge on any atom is -0.394 e. The molecule has 66 heavy (non-hydrogen) atoms. The topological polar surface area (TPSA) is 149 Å². The Morgan fingerprint density at radius 1 is 0.530 bits per heavy atom. The SMILES string of the molecule is CC/C=C\C/C=C\C/C=C\CCCCCCCC(=O)NC(COC1OC(CO)C(O)C(O)C1O)C(O)/C=C/CC/C=C/CCCCCCCCCCCCCCCCCCCCCCCC. The average Bonchev–Trinajstić information content (AvgIpc) is 3.32. The lowest BCUT2D eigenvalue weighted by Gasteiger charge is -2.40. The van der Waals surface area contributed by atoms with E-state index < -0.39 is 49.5 Å². The molecule has 1 heterocycles. The summed E-state index contributed by atoms with van der Waals surface area (Å²) >= 11 is 0. The Kier molecular flexibility index (Phi) is 43.7. The molecule has 0 aliphatic carbocycles. The molecule has 0 spiro atoms. The average molecular weight is 930 g/mol. The number of hydrogen-bond acceptors (Lipinski definition) is 8. The Balaban J connectivity index is 2.24. The van der Waals surface area contributed by atoms with Crippen LogP contribution < -0.4 is 5.32 Å². The summed E-state index contributed by atoms with van der Waals surface area (Å²) in [6.07, 6.45) is 55.8. The van der Waals surface area contributed by atoms with Crippen LogP contribution in [-0.4, -0.2) is 87.5 Å². The Bertz CT molecular complexity index is 1220. The minimum atomic E-state index is -1.58. The summed E-state index contributed by atoms with van der Waals surface area (Å²) in [5.41, 5.74) is 0. The fourth-order valence-corrected chi connectivity index (χ4v) is 8.48. The van der Waals surface area contributed by atoms with Crippen molar-refractivity contribution in [3.8, 4) is 0 Å². The molecular weight excluding hydrogens is 827 g/mol. The molecule has 0 aromatic heterocycles. The molecule has 0 radical (unpaired) electrons. The van der Waals surface area contributed by atoms with Gasteiger partial charge in [-0.15, -0.1) is 0 Å². The maximum absolute atomic E-state index is 13.0. The van der Waals surface area contributed by atoms with Crippen LogP contribution in [0.2, 0.25) is 0 Å². The summed E-state index contributed by atoms with van der Waals surface area (Å²) in [5.74, 6) is -0.204. The van der Waals surface area contributed by atoms with Crippen LogP contribution >= 0.6 is 0 Å². The van der Waals surface area contributed by atoms with Crippen LogP contribution in [0.1, 0.15) is 239 Å². The smallest absolute Gasteiger partial charge is 0.220 e. The quantitative estimate of drug-likeness (QED) is 0.0261. The standard InChI is InChI=1S/C57H103NO8/c1-3-5-7-9-11-13-15-17-19-20-21-22-23-24-25-26-27-28-29-30-31-33-34-36-38-40-42-44-46-51(60)50(49-65-57-56(64)55(63)54(62)52(48-59)66-57)58-53(61)47-45-43-41-39-37-35-32-18-16-14-12-10-8-6-4-2/h6,8,12,14,18,32,36,38,44,46,50-52,54-57,59-60,62-64H,3-5,7,9-11,13,15-17,19-31,33-35,37,39-43,45,47-49H2,1-2H3,(H,58,61)/b8-6-,14-12-,32-18-,38-36+,46-44+. The highest BCUT2D eigenvalue weighted by molar-refractivity contribution is 5.76. The molecule has 7 atom stereocenters. The second-order valence-corrected chi connectivity index (χ2v) is 19.0.